The van der Waals surface area contributed by atoms with E-state index in [-0.39, 0.29) is 0 Å². The number of benzene rings is 1. The highest BCUT2D eigenvalue weighted by Gasteiger charge is 1.96. The van der Waals surface area contributed by atoms with Crippen LogP contribution in [-0.4, -0.2) is 12.0 Å². The second-order valence-electron chi connectivity index (χ2n) is 2.33. The summed E-state index contributed by atoms with van der Waals surface area (Å²) in [5.74, 6) is 1.14. The molecule has 60 valence electrons. The van der Waals surface area contributed by atoms with Crippen molar-refractivity contribution in [2.24, 2.45) is 0 Å². The van der Waals surface area contributed by atoms with Crippen molar-refractivity contribution in [3.63, 3.8) is 0 Å². The number of halogens is 1. The fourth-order valence-electron chi connectivity index (χ4n) is 0.913. The topological polar surface area (TPSA) is 0 Å². The summed E-state index contributed by atoms with van der Waals surface area (Å²) in [5, 5.41) is 0.890. The lowest BCUT2D eigenvalue weighted by molar-refractivity contribution is 1.16. The SMILES string of the molecule is CSCCc1ccccc1Cl. The molecule has 1 rings (SSSR count). The van der Waals surface area contributed by atoms with Gasteiger partial charge in [-0.25, -0.2) is 0 Å². The van der Waals surface area contributed by atoms with Gasteiger partial charge < -0.3 is 0 Å². The monoisotopic (exact) mass is 186 g/mol. The van der Waals surface area contributed by atoms with E-state index >= 15 is 0 Å². The molecule has 0 heterocycles. The van der Waals surface area contributed by atoms with Crippen LogP contribution in [0.1, 0.15) is 5.56 Å². The van der Waals surface area contributed by atoms with Crippen LogP contribution in [0.2, 0.25) is 5.02 Å². The Kier molecular flexibility index (Phi) is 3.81. The smallest absolute Gasteiger partial charge is 0.0438 e. The Hall–Kier alpha value is -0.140. The Morgan fingerprint density at radius 2 is 2.09 bits per heavy atom. The molecule has 0 amide bonds. The number of hydrogen-bond acceptors (Lipinski definition) is 1. The number of aryl methyl sites for hydroxylation is 1. The van der Waals surface area contributed by atoms with Crippen LogP contribution in [-0.2, 0) is 6.42 Å². The van der Waals surface area contributed by atoms with Crippen LogP contribution in [0.25, 0.3) is 0 Å². The third kappa shape index (κ3) is 2.76. The maximum atomic E-state index is 5.95. The van der Waals surface area contributed by atoms with Crippen LogP contribution in [0, 0.1) is 0 Å². The molecule has 0 atom stereocenters. The third-order valence-electron chi connectivity index (χ3n) is 1.53. The molecule has 0 aliphatic carbocycles. The van der Waals surface area contributed by atoms with Crippen molar-refractivity contribution in [3.8, 4) is 0 Å². The van der Waals surface area contributed by atoms with E-state index in [4.69, 9.17) is 11.6 Å². The molecule has 0 saturated carbocycles. The highest BCUT2D eigenvalue weighted by atomic mass is 35.5. The standard InChI is InChI=1S/C9H11ClS/c1-11-7-6-8-4-2-3-5-9(8)10/h2-5H,6-7H2,1H3. The normalized spacial score (nSPS) is 10.0. The molecule has 0 saturated heterocycles. The van der Waals surface area contributed by atoms with Gasteiger partial charge in [0, 0.05) is 5.02 Å². The molecule has 0 radical (unpaired) electrons. The second-order valence-corrected chi connectivity index (χ2v) is 3.73. The van der Waals surface area contributed by atoms with Crippen LogP contribution < -0.4 is 0 Å². The van der Waals surface area contributed by atoms with Crippen LogP contribution in [0.3, 0.4) is 0 Å². The van der Waals surface area contributed by atoms with E-state index in [1.165, 1.54) is 5.56 Å². The summed E-state index contributed by atoms with van der Waals surface area (Å²) in [6.45, 7) is 0. The molecule has 0 spiro atoms. The summed E-state index contributed by atoms with van der Waals surface area (Å²) in [4.78, 5) is 0. The van der Waals surface area contributed by atoms with Gasteiger partial charge in [-0.05, 0) is 30.1 Å². The molecule has 0 aliphatic heterocycles. The van der Waals surface area contributed by atoms with E-state index in [9.17, 15) is 0 Å². The van der Waals surface area contributed by atoms with Crippen LogP contribution in [0.5, 0.6) is 0 Å². The van der Waals surface area contributed by atoms with E-state index in [0.29, 0.717) is 0 Å². The third-order valence-corrected chi connectivity index (χ3v) is 2.51. The molecule has 11 heavy (non-hydrogen) atoms. The van der Waals surface area contributed by atoms with E-state index in [2.05, 4.69) is 12.3 Å². The Morgan fingerprint density at radius 1 is 1.36 bits per heavy atom. The summed E-state index contributed by atoms with van der Waals surface area (Å²) >= 11 is 7.80. The first-order chi connectivity index (χ1) is 5.34. The summed E-state index contributed by atoms with van der Waals surface area (Å²) in [6, 6.07) is 8.02. The van der Waals surface area contributed by atoms with E-state index in [1.54, 1.807) is 0 Å². The largest absolute Gasteiger partial charge is 0.165 e. The van der Waals surface area contributed by atoms with Gasteiger partial charge in [0.25, 0.3) is 0 Å². The Labute approximate surface area is 77.0 Å². The second kappa shape index (κ2) is 4.68. The van der Waals surface area contributed by atoms with Crippen molar-refractivity contribution in [2.75, 3.05) is 12.0 Å². The zero-order valence-electron chi connectivity index (χ0n) is 6.51. The van der Waals surface area contributed by atoms with Gasteiger partial charge in [-0.15, -0.1) is 0 Å². The molecule has 1 aromatic rings. The summed E-state index contributed by atoms with van der Waals surface area (Å²) in [6.07, 6.45) is 3.18. The Bertz CT molecular complexity index is 223. The van der Waals surface area contributed by atoms with Crippen molar-refractivity contribution in [1.29, 1.82) is 0 Å². The molecule has 0 fully saturated rings. The first-order valence-electron chi connectivity index (χ1n) is 3.57. The molecule has 0 N–H and O–H groups in total. The van der Waals surface area contributed by atoms with Crippen molar-refractivity contribution >= 4 is 23.4 Å². The lowest BCUT2D eigenvalue weighted by Crippen LogP contribution is -1.87. The van der Waals surface area contributed by atoms with Gasteiger partial charge in [-0.3, -0.25) is 0 Å². The number of hydrogen-bond donors (Lipinski definition) is 0. The lowest BCUT2D eigenvalue weighted by atomic mass is 10.2. The van der Waals surface area contributed by atoms with Crippen LogP contribution >= 0.6 is 23.4 Å². The fraction of sp³-hybridized carbons (Fsp3) is 0.333. The van der Waals surface area contributed by atoms with E-state index < -0.39 is 0 Å². The van der Waals surface area contributed by atoms with Crippen molar-refractivity contribution < 1.29 is 0 Å². The van der Waals surface area contributed by atoms with E-state index in [0.717, 1.165) is 17.2 Å². The van der Waals surface area contributed by atoms with Gasteiger partial charge in [-0.1, -0.05) is 29.8 Å². The van der Waals surface area contributed by atoms with E-state index in [1.807, 2.05) is 30.0 Å². The molecular weight excluding hydrogens is 176 g/mol. The van der Waals surface area contributed by atoms with Crippen molar-refractivity contribution in [1.82, 2.24) is 0 Å². The van der Waals surface area contributed by atoms with Gasteiger partial charge in [0.2, 0.25) is 0 Å². The Balaban J connectivity index is 2.62. The lowest BCUT2D eigenvalue weighted by Gasteiger charge is -2.00. The summed E-state index contributed by atoms with van der Waals surface area (Å²) < 4.78 is 0. The molecular formula is C9H11ClS. The highest BCUT2D eigenvalue weighted by Crippen LogP contribution is 2.16. The average molecular weight is 187 g/mol. The quantitative estimate of drug-likeness (QED) is 0.699. The zero-order valence-corrected chi connectivity index (χ0v) is 8.08. The predicted octanol–water partition coefficient (Wildman–Crippen LogP) is 3.25. The summed E-state index contributed by atoms with van der Waals surface area (Å²) in [7, 11) is 0. The van der Waals surface area contributed by atoms with Gasteiger partial charge in [0.15, 0.2) is 0 Å². The maximum Gasteiger partial charge on any atom is 0.0438 e. The molecule has 1 aromatic carbocycles. The van der Waals surface area contributed by atoms with Crippen molar-refractivity contribution in [2.45, 2.75) is 6.42 Å². The van der Waals surface area contributed by atoms with Crippen LogP contribution in [0.15, 0.2) is 24.3 Å². The van der Waals surface area contributed by atoms with Gasteiger partial charge >= 0.3 is 0 Å². The first kappa shape index (κ1) is 8.95. The Morgan fingerprint density at radius 3 is 2.73 bits per heavy atom. The van der Waals surface area contributed by atoms with Gasteiger partial charge in [-0.2, -0.15) is 11.8 Å². The number of rotatable bonds is 3. The molecule has 0 aromatic heterocycles. The minimum absolute atomic E-state index is 0.890. The zero-order chi connectivity index (χ0) is 8.10. The summed E-state index contributed by atoms with van der Waals surface area (Å²) in [5.41, 5.74) is 1.25. The maximum absolute atomic E-state index is 5.95. The first-order valence-corrected chi connectivity index (χ1v) is 5.34. The van der Waals surface area contributed by atoms with Gasteiger partial charge in [0.1, 0.15) is 0 Å². The van der Waals surface area contributed by atoms with Crippen molar-refractivity contribution in [3.05, 3.63) is 34.9 Å². The molecule has 0 aliphatic rings. The average Bonchev–Trinajstić information content (AvgIpc) is 2.03. The predicted molar refractivity (Wildman–Crippen MR) is 53.5 cm³/mol. The fourth-order valence-corrected chi connectivity index (χ4v) is 1.57. The molecule has 0 nitrogen and oxygen atoms in total. The minimum Gasteiger partial charge on any atom is -0.165 e. The van der Waals surface area contributed by atoms with Crippen LogP contribution in [0.4, 0.5) is 0 Å². The number of thioether (sulfide) groups is 1. The minimum atomic E-state index is 0.890. The molecule has 0 bridgehead atoms. The molecule has 2 heteroatoms. The van der Waals surface area contributed by atoms with Gasteiger partial charge in [0.05, 0.1) is 0 Å². The highest BCUT2D eigenvalue weighted by molar-refractivity contribution is 7.98. The molecule has 0 unspecified atom stereocenters.